The van der Waals surface area contributed by atoms with E-state index in [1.165, 1.54) is 19.3 Å². The first-order valence-electron chi connectivity index (χ1n) is 3.84. The van der Waals surface area contributed by atoms with Crippen molar-refractivity contribution in [2.24, 2.45) is 4.99 Å². The molecule has 2 rings (SSSR count). The molecule has 2 N–H and O–H groups in total. The van der Waals surface area contributed by atoms with Crippen LogP contribution in [0.1, 0.15) is 19.3 Å². The normalized spacial score (nSPS) is 31.5. The van der Waals surface area contributed by atoms with E-state index >= 15 is 0 Å². The Hall–Kier alpha value is -0.730. The van der Waals surface area contributed by atoms with Crippen molar-refractivity contribution >= 4 is 5.96 Å². The van der Waals surface area contributed by atoms with Crippen LogP contribution in [-0.4, -0.2) is 25.1 Å². The van der Waals surface area contributed by atoms with Gasteiger partial charge in [0.1, 0.15) is 0 Å². The molecule has 1 saturated heterocycles. The second-order valence-electron chi connectivity index (χ2n) is 3.15. The zero-order valence-corrected chi connectivity index (χ0v) is 6.28. The van der Waals surface area contributed by atoms with E-state index in [1.54, 1.807) is 0 Å². The van der Waals surface area contributed by atoms with Crippen LogP contribution in [0, 0.1) is 0 Å². The highest BCUT2D eigenvalue weighted by Gasteiger charge is 2.44. The van der Waals surface area contributed by atoms with Gasteiger partial charge in [-0.1, -0.05) is 0 Å². The summed E-state index contributed by atoms with van der Waals surface area (Å²) in [5.41, 5.74) is 0.458. The molecule has 10 heavy (non-hydrogen) atoms. The van der Waals surface area contributed by atoms with Crippen molar-refractivity contribution in [1.82, 2.24) is 10.6 Å². The molecule has 56 valence electrons. The van der Waals surface area contributed by atoms with Crippen molar-refractivity contribution < 1.29 is 0 Å². The van der Waals surface area contributed by atoms with Gasteiger partial charge in [-0.15, -0.1) is 0 Å². The molecule has 0 radical (unpaired) electrons. The van der Waals surface area contributed by atoms with E-state index in [0.717, 1.165) is 12.5 Å². The fraction of sp³-hybridized carbons (Fsp3) is 0.857. The third-order valence-electron chi connectivity index (χ3n) is 2.36. The number of hydrogen-bond acceptors (Lipinski definition) is 1. The minimum atomic E-state index is 0.458. The van der Waals surface area contributed by atoms with Gasteiger partial charge in [0.05, 0.1) is 0 Å². The molecule has 1 spiro atoms. The summed E-state index contributed by atoms with van der Waals surface area (Å²) in [6.45, 7) is 1.08. The molecule has 0 aromatic heterocycles. The zero-order valence-electron chi connectivity index (χ0n) is 6.28. The number of hydrogen-bond donors (Lipinski definition) is 2. The highest BCUT2D eigenvalue weighted by atomic mass is 15.2. The van der Waals surface area contributed by atoms with Crippen molar-refractivity contribution in [3.63, 3.8) is 0 Å². The van der Waals surface area contributed by atoms with E-state index < -0.39 is 0 Å². The highest BCUT2D eigenvalue weighted by molar-refractivity contribution is 5.81. The Morgan fingerprint density at radius 2 is 2.20 bits per heavy atom. The molecule has 1 aliphatic heterocycles. The van der Waals surface area contributed by atoms with Gasteiger partial charge >= 0.3 is 0 Å². The molecule has 1 heterocycles. The second-order valence-corrected chi connectivity index (χ2v) is 3.15. The summed E-state index contributed by atoms with van der Waals surface area (Å²) in [5, 5.41) is 6.60. The van der Waals surface area contributed by atoms with Crippen LogP contribution in [0.5, 0.6) is 0 Å². The van der Waals surface area contributed by atoms with Crippen LogP contribution >= 0.6 is 0 Å². The molecule has 0 atom stereocenters. The van der Waals surface area contributed by atoms with Crippen LogP contribution < -0.4 is 10.6 Å². The monoisotopic (exact) mass is 139 g/mol. The molecule has 0 bridgehead atoms. The van der Waals surface area contributed by atoms with Crippen LogP contribution in [0.25, 0.3) is 0 Å². The Balaban J connectivity index is 2.04. The van der Waals surface area contributed by atoms with Crippen molar-refractivity contribution in [1.29, 1.82) is 0 Å². The minimum absolute atomic E-state index is 0.458. The average Bonchev–Trinajstić information content (AvgIpc) is 2.70. The van der Waals surface area contributed by atoms with Crippen molar-refractivity contribution in [3.05, 3.63) is 0 Å². The summed E-state index contributed by atoms with van der Waals surface area (Å²) in [4.78, 5) is 4.08. The first-order valence-corrected chi connectivity index (χ1v) is 3.84. The number of nitrogens with zero attached hydrogens (tertiary/aromatic N) is 1. The van der Waals surface area contributed by atoms with Gasteiger partial charge in [0.25, 0.3) is 0 Å². The Morgan fingerprint density at radius 1 is 1.40 bits per heavy atom. The summed E-state index contributed by atoms with van der Waals surface area (Å²) in [5.74, 6) is 0.976. The minimum Gasteiger partial charge on any atom is -0.356 e. The standard InChI is InChI=1S/C7H13N3/c1-8-6-9-5-4-7(10-6)2-3-7/h2-5H2,1H3,(H2,8,9,10). The maximum Gasteiger partial charge on any atom is 0.191 e. The molecule has 0 aromatic carbocycles. The molecule has 0 unspecified atom stereocenters. The van der Waals surface area contributed by atoms with Crippen molar-refractivity contribution in [2.45, 2.75) is 24.8 Å². The van der Waals surface area contributed by atoms with E-state index in [-0.39, 0.29) is 0 Å². The molecule has 1 aliphatic carbocycles. The first kappa shape index (κ1) is 6.01. The maximum absolute atomic E-state index is 4.08. The Kier molecular flexibility index (Phi) is 1.13. The predicted octanol–water partition coefficient (Wildman–Crippen LogP) is 0.0877. The molecule has 3 nitrogen and oxygen atoms in total. The van der Waals surface area contributed by atoms with Crippen LogP contribution in [-0.2, 0) is 0 Å². The van der Waals surface area contributed by atoms with Gasteiger partial charge in [0.15, 0.2) is 5.96 Å². The van der Waals surface area contributed by atoms with Gasteiger partial charge in [-0.05, 0) is 19.3 Å². The van der Waals surface area contributed by atoms with Crippen LogP contribution in [0.15, 0.2) is 4.99 Å². The smallest absolute Gasteiger partial charge is 0.191 e. The lowest BCUT2D eigenvalue weighted by molar-refractivity contribution is 0.494. The van der Waals surface area contributed by atoms with Crippen molar-refractivity contribution in [3.8, 4) is 0 Å². The number of rotatable bonds is 0. The Bertz CT molecular complexity index is 170. The lowest BCUT2D eigenvalue weighted by Gasteiger charge is -2.26. The molecule has 3 heteroatoms. The molecule has 2 aliphatic rings. The first-order chi connectivity index (χ1) is 4.85. The molecular formula is C7H13N3. The highest BCUT2D eigenvalue weighted by Crippen LogP contribution is 2.39. The van der Waals surface area contributed by atoms with Gasteiger partial charge < -0.3 is 10.6 Å². The molecule has 0 aromatic rings. The Labute approximate surface area is 60.9 Å². The lowest BCUT2D eigenvalue weighted by atomic mass is 10.1. The summed E-state index contributed by atoms with van der Waals surface area (Å²) in [7, 11) is 1.82. The fourth-order valence-electron chi connectivity index (χ4n) is 1.44. The number of guanidine groups is 1. The lowest BCUT2D eigenvalue weighted by Crippen LogP contribution is -2.51. The van der Waals surface area contributed by atoms with Gasteiger partial charge in [-0.2, -0.15) is 0 Å². The summed E-state index contributed by atoms with van der Waals surface area (Å²) >= 11 is 0. The number of nitrogens with one attached hydrogen (secondary N) is 2. The van der Waals surface area contributed by atoms with E-state index in [9.17, 15) is 0 Å². The summed E-state index contributed by atoms with van der Waals surface area (Å²) in [6, 6.07) is 0. The average molecular weight is 139 g/mol. The summed E-state index contributed by atoms with van der Waals surface area (Å²) in [6.07, 6.45) is 3.91. The SMILES string of the molecule is CN=C1NCCC2(CC2)N1. The molecule has 1 saturated carbocycles. The zero-order chi connectivity index (χ0) is 7.03. The van der Waals surface area contributed by atoms with Gasteiger partial charge in [-0.3, -0.25) is 4.99 Å². The van der Waals surface area contributed by atoms with Crippen LogP contribution in [0.2, 0.25) is 0 Å². The van der Waals surface area contributed by atoms with E-state index in [2.05, 4.69) is 15.6 Å². The van der Waals surface area contributed by atoms with Gasteiger partial charge in [0, 0.05) is 19.1 Å². The van der Waals surface area contributed by atoms with Crippen LogP contribution in [0.3, 0.4) is 0 Å². The largest absolute Gasteiger partial charge is 0.356 e. The summed E-state index contributed by atoms with van der Waals surface area (Å²) < 4.78 is 0. The quantitative estimate of drug-likeness (QED) is 0.499. The second kappa shape index (κ2) is 1.87. The van der Waals surface area contributed by atoms with Gasteiger partial charge in [-0.25, -0.2) is 0 Å². The molecule has 0 amide bonds. The van der Waals surface area contributed by atoms with E-state index in [0.29, 0.717) is 5.54 Å². The fourth-order valence-corrected chi connectivity index (χ4v) is 1.44. The van der Waals surface area contributed by atoms with E-state index in [4.69, 9.17) is 0 Å². The van der Waals surface area contributed by atoms with E-state index in [1.807, 2.05) is 7.05 Å². The third kappa shape index (κ3) is 0.856. The maximum atomic E-state index is 4.08. The van der Waals surface area contributed by atoms with Gasteiger partial charge in [0.2, 0.25) is 0 Å². The van der Waals surface area contributed by atoms with Crippen molar-refractivity contribution in [2.75, 3.05) is 13.6 Å². The molecular weight excluding hydrogens is 126 g/mol. The van der Waals surface area contributed by atoms with Crippen LogP contribution in [0.4, 0.5) is 0 Å². The Morgan fingerprint density at radius 3 is 2.80 bits per heavy atom. The number of aliphatic imine (C=N–C) groups is 1. The third-order valence-corrected chi connectivity index (χ3v) is 2.36. The predicted molar refractivity (Wildman–Crippen MR) is 41.1 cm³/mol. The topological polar surface area (TPSA) is 36.4 Å². The molecule has 2 fully saturated rings.